The Kier molecular flexibility index (Phi) is 20.8. The normalized spacial score (nSPS) is 11.8. The molecule has 0 aromatic heterocycles. The molecule has 4 N–H and O–H groups in total. The predicted octanol–water partition coefficient (Wildman–Crippen LogP) is 6.85. The smallest absolute Gasteiger partial charge is 0.329 e. The van der Waals surface area contributed by atoms with Crippen LogP contribution >= 0.6 is 0 Å². The van der Waals surface area contributed by atoms with E-state index >= 15 is 0 Å². The summed E-state index contributed by atoms with van der Waals surface area (Å²) in [5, 5.41) is 12.0. The number of carbonyl (C=O) groups is 1. The van der Waals surface area contributed by atoms with Crippen LogP contribution in [-0.4, -0.2) is 43.5 Å². The maximum Gasteiger partial charge on any atom is 0.329 e. The van der Waals surface area contributed by atoms with Crippen molar-refractivity contribution in [2.45, 2.75) is 116 Å². The molecule has 0 spiro atoms. The minimum Gasteiger partial charge on any atom is -0.508 e. The third-order valence-electron chi connectivity index (χ3n) is 6.29. The molecule has 0 aliphatic carbocycles. The third kappa shape index (κ3) is 20.2. The van der Waals surface area contributed by atoms with E-state index in [4.69, 9.17) is 9.47 Å². The molecule has 36 heavy (non-hydrogen) atoms. The number of hydrogen-bond donors (Lipinski definition) is 4. The minimum absolute atomic E-state index is 0.201. The van der Waals surface area contributed by atoms with E-state index in [1.54, 1.807) is 24.3 Å². The molecule has 208 valence electrons. The molecule has 0 saturated heterocycles. The maximum absolute atomic E-state index is 11.8. The second-order valence-corrected chi connectivity index (χ2v) is 9.72. The van der Waals surface area contributed by atoms with Gasteiger partial charge in [0.2, 0.25) is 0 Å². The number of phenolic OH excluding ortho intramolecular Hbond substituents is 1. The number of amides is 2. The number of nitrogens with one attached hydrogen (secondary N) is 3. The highest BCUT2D eigenvalue weighted by molar-refractivity contribution is 5.73. The molecular formula is C29H53N3O4. The molecule has 0 aliphatic heterocycles. The Hall–Kier alpha value is -1.99. The molecule has 2 amide bonds. The Bertz CT molecular complexity index is 627. The van der Waals surface area contributed by atoms with Crippen LogP contribution in [0.2, 0.25) is 0 Å². The van der Waals surface area contributed by atoms with Crippen LogP contribution in [0.25, 0.3) is 0 Å². The zero-order chi connectivity index (χ0) is 26.1. The number of phenols is 1. The van der Waals surface area contributed by atoms with Gasteiger partial charge >= 0.3 is 6.03 Å². The van der Waals surface area contributed by atoms with E-state index in [0.717, 1.165) is 6.42 Å². The lowest BCUT2D eigenvalue weighted by molar-refractivity contribution is 0.0612. The second kappa shape index (κ2) is 23.4. The van der Waals surface area contributed by atoms with E-state index in [0.29, 0.717) is 32.1 Å². The quantitative estimate of drug-likeness (QED) is 0.0907. The second-order valence-electron chi connectivity index (χ2n) is 9.72. The lowest BCUT2D eigenvalue weighted by atomic mass is 10.0. The summed E-state index contributed by atoms with van der Waals surface area (Å²) in [6.45, 7) is 6.22. The number of unbranched alkanes of at least 4 members (excludes halogenated alkanes) is 13. The number of ether oxygens (including phenoxy) is 2. The molecule has 1 aromatic rings. The fourth-order valence-corrected chi connectivity index (χ4v) is 4.08. The van der Waals surface area contributed by atoms with Crippen molar-refractivity contribution in [3.8, 4) is 11.5 Å². The summed E-state index contributed by atoms with van der Waals surface area (Å²) in [4.78, 5) is 11.8. The summed E-state index contributed by atoms with van der Waals surface area (Å²) in [5.74, 6) is 0.867. The number of aromatic hydroxyl groups is 1. The number of hydrazine groups is 1. The van der Waals surface area contributed by atoms with Crippen molar-refractivity contribution in [2.24, 2.45) is 0 Å². The molecule has 1 aromatic carbocycles. The molecule has 1 unspecified atom stereocenters. The van der Waals surface area contributed by atoms with Crippen molar-refractivity contribution in [1.29, 1.82) is 0 Å². The minimum atomic E-state index is -0.289. The van der Waals surface area contributed by atoms with E-state index in [1.807, 2.05) is 0 Å². The number of rotatable bonds is 24. The van der Waals surface area contributed by atoms with Crippen LogP contribution in [-0.2, 0) is 4.74 Å². The molecule has 7 heteroatoms. The molecule has 0 aliphatic rings. The van der Waals surface area contributed by atoms with Crippen LogP contribution in [0, 0.1) is 0 Å². The number of hydrogen-bond acceptors (Lipinski definition) is 5. The Morgan fingerprint density at radius 2 is 1.36 bits per heavy atom. The fraction of sp³-hybridized carbons (Fsp3) is 0.759. The Morgan fingerprint density at radius 1 is 0.806 bits per heavy atom. The van der Waals surface area contributed by atoms with Crippen LogP contribution in [0.5, 0.6) is 11.5 Å². The van der Waals surface area contributed by atoms with Gasteiger partial charge in [0.1, 0.15) is 18.1 Å². The average Bonchev–Trinajstić information content (AvgIpc) is 2.87. The van der Waals surface area contributed by atoms with Crippen LogP contribution in [0.1, 0.15) is 110 Å². The van der Waals surface area contributed by atoms with Gasteiger partial charge in [-0.2, -0.15) is 0 Å². The van der Waals surface area contributed by atoms with Crippen molar-refractivity contribution in [1.82, 2.24) is 16.2 Å². The van der Waals surface area contributed by atoms with E-state index in [-0.39, 0.29) is 17.9 Å². The summed E-state index contributed by atoms with van der Waals surface area (Å²) in [5.41, 5.74) is 5.38. The van der Waals surface area contributed by atoms with Gasteiger partial charge in [-0.05, 0) is 37.6 Å². The molecule has 0 heterocycles. The molecule has 7 nitrogen and oxygen atoms in total. The highest BCUT2D eigenvalue weighted by Gasteiger charge is 2.04. The summed E-state index contributed by atoms with van der Waals surface area (Å²) in [7, 11) is 0. The first kappa shape index (κ1) is 32.0. The monoisotopic (exact) mass is 507 g/mol. The van der Waals surface area contributed by atoms with Gasteiger partial charge in [-0.25, -0.2) is 10.2 Å². The summed E-state index contributed by atoms with van der Waals surface area (Å²) >= 11 is 0. The Balaban J connectivity index is 1.80. The van der Waals surface area contributed by atoms with Gasteiger partial charge in [0.25, 0.3) is 0 Å². The van der Waals surface area contributed by atoms with Gasteiger partial charge in [-0.3, -0.25) is 5.43 Å². The average molecular weight is 508 g/mol. The number of carbonyl (C=O) groups excluding carboxylic acids is 1. The molecule has 0 bridgehead atoms. The fourth-order valence-electron chi connectivity index (χ4n) is 4.08. The predicted molar refractivity (Wildman–Crippen MR) is 148 cm³/mol. The standard InChI is InChI=1S/C29H53N3O4/c1-3-4-5-6-7-8-9-10-11-12-13-14-15-16-17-26(2)35-24-22-30-29(34)32-31-23-25-36-28-20-18-27(33)19-21-28/h18-21,26,31,33H,3-17,22-25H2,1-2H3,(H2,30,32,34). The summed E-state index contributed by atoms with van der Waals surface area (Å²) in [6, 6.07) is 6.23. The van der Waals surface area contributed by atoms with Crippen molar-refractivity contribution in [3.05, 3.63) is 24.3 Å². The van der Waals surface area contributed by atoms with Crippen molar-refractivity contribution >= 4 is 6.03 Å². The summed E-state index contributed by atoms with van der Waals surface area (Å²) in [6.07, 6.45) is 20.6. The lowest BCUT2D eigenvalue weighted by Gasteiger charge is -2.14. The first-order chi connectivity index (χ1) is 17.6. The van der Waals surface area contributed by atoms with Gasteiger partial charge in [0.05, 0.1) is 12.7 Å². The largest absolute Gasteiger partial charge is 0.508 e. The topological polar surface area (TPSA) is 91.9 Å². The molecular weight excluding hydrogens is 454 g/mol. The molecule has 1 atom stereocenters. The summed E-state index contributed by atoms with van der Waals surface area (Å²) < 4.78 is 11.3. The van der Waals surface area contributed by atoms with E-state index in [9.17, 15) is 9.90 Å². The first-order valence-electron chi connectivity index (χ1n) is 14.4. The number of urea groups is 1. The number of benzene rings is 1. The van der Waals surface area contributed by atoms with Crippen molar-refractivity contribution in [2.75, 3.05) is 26.3 Å². The zero-order valence-electron chi connectivity index (χ0n) is 23.0. The van der Waals surface area contributed by atoms with Gasteiger partial charge in [0, 0.05) is 13.1 Å². The van der Waals surface area contributed by atoms with Crippen molar-refractivity contribution < 1.29 is 19.4 Å². The molecule has 0 fully saturated rings. The van der Waals surface area contributed by atoms with Gasteiger partial charge in [0.15, 0.2) is 0 Å². The maximum atomic E-state index is 11.8. The van der Waals surface area contributed by atoms with Gasteiger partial charge < -0.3 is 19.9 Å². The highest BCUT2D eigenvalue weighted by Crippen LogP contribution is 2.16. The van der Waals surface area contributed by atoms with Crippen LogP contribution in [0.3, 0.4) is 0 Å². The molecule has 0 radical (unpaired) electrons. The van der Waals surface area contributed by atoms with Crippen molar-refractivity contribution in [3.63, 3.8) is 0 Å². The molecule has 0 saturated carbocycles. The van der Waals surface area contributed by atoms with E-state index in [2.05, 4.69) is 30.0 Å². The van der Waals surface area contributed by atoms with E-state index in [1.165, 1.54) is 89.9 Å². The first-order valence-corrected chi connectivity index (χ1v) is 14.4. The van der Waals surface area contributed by atoms with Crippen LogP contribution in [0.4, 0.5) is 4.79 Å². The van der Waals surface area contributed by atoms with E-state index < -0.39 is 0 Å². The zero-order valence-corrected chi connectivity index (χ0v) is 23.0. The lowest BCUT2D eigenvalue weighted by Crippen LogP contribution is -2.46. The molecule has 1 rings (SSSR count). The van der Waals surface area contributed by atoms with Gasteiger partial charge in [-0.15, -0.1) is 0 Å². The Labute approximate surface area is 220 Å². The van der Waals surface area contributed by atoms with Crippen LogP contribution < -0.4 is 20.9 Å². The van der Waals surface area contributed by atoms with Gasteiger partial charge in [-0.1, -0.05) is 96.8 Å². The third-order valence-corrected chi connectivity index (χ3v) is 6.29. The Morgan fingerprint density at radius 3 is 1.94 bits per heavy atom. The van der Waals surface area contributed by atoms with Crippen LogP contribution in [0.15, 0.2) is 24.3 Å². The SMILES string of the molecule is CCCCCCCCCCCCCCCCC(C)OCCNC(=O)NNCCOc1ccc(O)cc1. The highest BCUT2D eigenvalue weighted by atomic mass is 16.5.